The molecule has 0 bridgehead atoms. The standard InChI is InChI=1S/C12H17N3O2S/c1-9-4-14(7-11(8-16)17-9)5-10-6-15-2-3-18-12(15)13-10/h2-3,6,9,11,16H,4-5,7-8H2,1H3. The van der Waals surface area contributed by atoms with E-state index in [0.29, 0.717) is 0 Å². The van der Waals surface area contributed by atoms with Gasteiger partial charge in [0.1, 0.15) is 0 Å². The first-order chi connectivity index (χ1) is 8.74. The first-order valence-corrected chi connectivity index (χ1v) is 7.02. The molecule has 6 heteroatoms. The molecular formula is C12H17N3O2S. The normalized spacial score (nSPS) is 25.9. The Bertz CT molecular complexity index is 496. The maximum Gasteiger partial charge on any atom is 0.193 e. The number of aliphatic hydroxyl groups is 1. The summed E-state index contributed by atoms with van der Waals surface area (Å²) < 4.78 is 7.68. The van der Waals surface area contributed by atoms with Gasteiger partial charge >= 0.3 is 0 Å². The van der Waals surface area contributed by atoms with Crippen molar-refractivity contribution in [1.82, 2.24) is 14.3 Å². The summed E-state index contributed by atoms with van der Waals surface area (Å²) in [5.41, 5.74) is 1.08. The highest BCUT2D eigenvalue weighted by atomic mass is 32.1. The Morgan fingerprint density at radius 2 is 2.44 bits per heavy atom. The van der Waals surface area contributed by atoms with E-state index in [9.17, 15) is 5.11 Å². The molecule has 2 aromatic rings. The molecule has 3 rings (SSSR count). The smallest absolute Gasteiger partial charge is 0.193 e. The average molecular weight is 267 g/mol. The maximum absolute atomic E-state index is 9.20. The summed E-state index contributed by atoms with van der Waals surface area (Å²) in [7, 11) is 0. The molecule has 1 aliphatic rings. The predicted octanol–water partition coefficient (Wildman–Crippen LogP) is 0.977. The van der Waals surface area contributed by atoms with Gasteiger partial charge in [0.25, 0.3) is 0 Å². The molecule has 1 N–H and O–H groups in total. The van der Waals surface area contributed by atoms with Crippen molar-refractivity contribution in [3.8, 4) is 0 Å². The molecule has 2 aromatic heterocycles. The summed E-state index contributed by atoms with van der Waals surface area (Å²) in [6, 6.07) is 0. The van der Waals surface area contributed by atoms with Crippen LogP contribution in [0.5, 0.6) is 0 Å². The van der Waals surface area contributed by atoms with E-state index >= 15 is 0 Å². The fourth-order valence-corrected chi connectivity index (χ4v) is 3.17. The Balaban J connectivity index is 1.69. The van der Waals surface area contributed by atoms with Crippen LogP contribution < -0.4 is 0 Å². The number of rotatable bonds is 3. The van der Waals surface area contributed by atoms with E-state index < -0.39 is 0 Å². The van der Waals surface area contributed by atoms with Crippen LogP contribution in [-0.4, -0.2) is 51.3 Å². The van der Waals surface area contributed by atoms with Gasteiger partial charge in [-0.1, -0.05) is 0 Å². The number of aliphatic hydroxyl groups excluding tert-OH is 1. The summed E-state index contributed by atoms with van der Waals surface area (Å²) in [6.45, 7) is 4.60. The third-order valence-electron chi connectivity index (χ3n) is 3.13. The van der Waals surface area contributed by atoms with Crippen LogP contribution in [-0.2, 0) is 11.3 Å². The predicted molar refractivity (Wildman–Crippen MR) is 69.8 cm³/mol. The molecule has 0 radical (unpaired) electrons. The van der Waals surface area contributed by atoms with Crippen molar-refractivity contribution in [1.29, 1.82) is 0 Å². The lowest BCUT2D eigenvalue weighted by atomic mass is 10.2. The molecule has 98 valence electrons. The summed E-state index contributed by atoms with van der Waals surface area (Å²) in [6.07, 6.45) is 4.19. The lowest BCUT2D eigenvalue weighted by Gasteiger charge is -2.35. The van der Waals surface area contributed by atoms with Crippen LogP contribution in [0, 0.1) is 0 Å². The minimum atomic E-state index is -0.0718. The van der Waals surface area contributed by atoms with Gasteiger partial charge in [0.2, 0.25) is 0 Å². The molecular weight excluding hydrogens is 250 g/mol. The zero-order valence-electron chi connectivity index (χ0n) is 10.3. The minimum Gasteiger partial charge on any atom is -0.394 e. The van der Waals surface area contributed by atoms with Gasteiger partial charge in [0.05, 0.1) is 24.5 Å². The number of hydrogen-bond acceptors (Lipinski definition) is 5. The highest BCUT2D eigenvalue weighted by molar-refractivity contribution is 7.15. The molecule has 0 spiro atoms. The van der Waals surface area contributed by atoms with Crippen LogP contribution >= 0.6 is 11.3 Å². The van der Waals surface area contributed by atoms with Crippen molar-refractivity contribution in [3.63, 3.8) is 0 Å². The second kappa shape index (κ2) is 4.97. The van der Waals surface area contributed by atoms with Crippen LogP contribution in [0.2, 0.25) is 0 Å². The molecule has 0 amide bonds. The quantitative estimate of drug-likeness (QED) is 0.900. The fraction of sp³-hybridized carbons (Fsp3) is 0.583. The number of hydrogen-bond donors (Lipinski definition) is 1. The summed E-state index contributed by atoms with van der Waals surface area (Å²) in [4.78, 5) is 7.90. The van der Waals surface area contributed by atoms with Crippen molar-refractivity contribution < 1.29 is 9.84 Å². The van der Waals surface area contributed by atoms with Crippen molar-refractivity contribution in [2.75, 3.05) is 19.7 Å². The van der Waals surface area contributed by atoms with E-state index in [1.165, 1.54) is 0 Å². The molecule has 18 heavy (non-hydrogen) atoms. The SMILES string of the molecule is CC1CN(Cc2cn3ccsc3n2)CC(CO)O1. The number of morpholine rings is 1. The van der Waals surface area contributed by atoms with Crippen LogP contribution in [0.4, 0.5) is 0 Å². The topological polar surface area (TPSA) is 50.0 Å². The van der Waals surface area contributed by atoms with Crippen molar-refractivity contribution in [2.24, 2.45) is 0 Å². The maximum atomic E-state index is 9.20. The van der Waals surface area contributed by atoms with Crippen molar-refractivity contribution >= 4 is 16.3 Å². The van der Waals surface area contributed by atoms with E-state index in [1.807, 2.05) is 22.9 Å². The molecule has 0 aromatic carbocycles. The molecule has 0 saturated carbocycles. The van der Waals surface area contributed by atoms with Gasteiger partial charge in [-0.15, -0.1) is 11.3 Å². The zero-order chi connectivity index (χ0) is 12.5. The lowest BCUT2D eigenvalue weighted by Crippen LogP contribution is -2.47. The van der Waals surface area contributed by atoms with Gasteiger partial charge in [-0.05, 0) is 6.92 Å². The highest BCUT2D eigenvalue weighted by Gasteiger charge is 2.25. The molecule has 1 fully saturated rings. The van der Waals surface area contributed by atoms with Crippen LogP contribution in [0.1, 0.15) is 12.6 Å². The number of aromatic nitrogens is 2. The Morgan fingerprint density at radius 3 is 3.22 bits per heavy atom. The molecule has 1 saturated heterocycles. The summed E-state index contributed by atoms with van der Waals surface area (Å²) >= 11 is 1.64. The first kappa shape index (κ1) is 12.1. The zero-order valence-corrected chi connectivity index (χ0v) is 11.1. The Morgan fingerprint density at radius 1 is 1.56 bits per heavy atom. The Labute approximate surface area is 110 Å². The molecule has 1 aliphatic heterocycles. The minimum absolute atomic E-state index is 0.0718. The van der Waals surface area contributed by atoms with Crippen LogP contribution in [0.15, 0.2) is 17.8 Å². The monoisotopic (exact) mass is 267 g/mol. The number of thiazole rings is 1. The number of imidazole rings is 1. The van der Waals surface area contributed by atoms with Gasteiger partial charge in [-0.3, -0.25) is 9.30 Å². The molecule has 2 unspecified atom stereocenters. The highest BCUT2D eigenvalue weighted by Crippen LogP contribution is 2.16. The number of ether oxygens (including phenoxy) is 1. The second-order valence-electron chi connectivity index (χ2n) is 4.77. The average Bonchev–Trinajstić information content (AvgIpc) is 2.88. The second-order valence-corrected chi connectivity index (χ2v) is 5.64. The van der Waals surface area contributed by atoms with E-state index in [4.69, 9.17) is 4.74 Å². The third kappa shape index (κ3) is 2.42. The third-order valence-corrected chi connectivity index (χ3v) is 3.91. The van der Waals surface area contributed by atoms with Crippen LogP contribution in [0.3, 0.4) is 0 Å². The molecule has 3 heterocycles. The summed E-state index contributed by atoms with van der Waals surface area (Å²) in [5, 5.41) is 11.2. The van der Waals surface area contributed by atoms with Gasteiger partial charge < -0.3 is 9.84 Å². The van der Waals surface area contributed by atoms with Gasteiger partial charge in [0, 0.05) is 37.4 Å². The molecule has 5 nitrogen and oxygen atoms in total. The van der Waals surface area contributed by atoms with E-state index in [-0.39, 0.29) is 18.8 Å². The Kier molecular flexibility index (Phi) is 3.34. The van der Waals surface area contributed by atoms with E-state index in [1.54, 1.807) is 11.3 Å². The van der Waals surface area contributed by atoms with Crippen molar-refractivity contribution in [3.05, 3.63) is 23.5 Å². The van der Waals surface area contributed by atoms with E-state index in [0.717, 1.165) is 30.3 Å². The number of fused-ring (bicyclic) bond motifs is 1. The van der Waals surface area contributed by atoms with Gasteiger partial charge in [-0.25, -0.2) is 4.98 Å². The first-order valence-electron chi connectivity index (χ1n) is 6.14. The van der Waals surface area contributed by atoms with Gasteiger partial charge in [0.15, 0.2) is 4.96 Å². The lowest BCUT2D eigenvalue weighted by molar-refractivity contribution is -0.0974. The fourth-order valence-electron chi connectivity index (χ4n) is 2.45. The molecule has 0 aliphatic carbocycles. The van der Waals surface area contributed by atoms with Gasteiger partial charge in [-0.2, -0.15) is 0 Å². The largest absolute Gasteiger partial charge is 0.394 e. The molecule has 2 atom stereocenters. The van der Waals surface area contributed by atoms with E-state index in [2.05, 4.69) is 16.1 Å². The number of nitrogens with zero attached hydrogens (tertiary/aromatic N) is 3. The summed E-state index contributed by atoms with van der Waals surface area (Å²) in [5.74, 6) is 0. The van der Waals surface area contributed by atoms with Crippen LogP contribution in [0.25, 0.3) is 4.96 Å². The Hall–Kier alpha value is -0.950. The van der Waals surface area contributed by atoms with Crippen molar-refractivity contribution in [2.45, 2.75) is 25.7 Å².